The first-order chi connectivity index (χ1) is 12.9. The highest BCUT2D eigenvalue weighted by atomic mass is 35.5. The Labute approximate surface area is 201 Å². The summed E-state index contributed by atoms with van der Waals surface area (Å²) < 4.78 is 0. The monoisotopic (exact) mass is 475 g/mol. The molecule has 4 N–H and O–H groups in total. The molecule has 0 radical (unpaired) electrons. The number of unbranched alkanes of at least 4 members (excludes halogenated alkanes) is 2. The van der Waals surface area contributed by atoms with E-state index in [2.05, 4.69) is 10.6 Å². The number of halogens is 3. The van der Waals surface area contributed by atoms with Crippen LogP contribution in [0.4, 0.5) is 0 Å². The predicted molar refractivity (Wildman–Crippen MR) is 139 cm³/mol. The van der Waals surface area contributed by atoms with Crippen LogP contribution < -0.4 is 16.4 Å². The molecule has 0 aliphatic heterocycles. The summed E-state index contributed by atoms with van der Waals surface area (Å²) in [5, 5.41) is 7.42. The molecule has 1 aliphatic rings. The van der Waals surface area contributed by atoms with Gasteiger partial charge in [-0.3, -0.25) is 0 Å². The van der Waals surface area contributed by atoms with Crippen LogP contribution in [0.2, 0.25) is 0 Å². The molecule has 180 valence electrons. The van der Waals surface area contributed by atoms with Gasteiger partial charge in [-0.25, -0.2) is 0 Å². The van der Waals surface area contributed by atoms with Crippen LogP contribution in [-0.2, 0) is 0 Å². The van der Waals surface area contributed by atoms with Crippen molar-refractivity contribution in [2.24, 2.45) is 5.73 Å². The van der Waals surface area contributed by atoms with E-state index in [-0.39, 0.29) is 37.2 Å². The molecule has 1 saturated carbocycles. The van der Waals surface area contributed by atoms with E-state index in [1.807, 2.05) is 0 Å². The fourth-order valence-electron chi connectivity index (χ4n) is 4.10. The van der Waals surface area contributed by atoms with Crippen LogP contribution in [0.25, 0.3) is 0 Å². The van der Waals surface area contributed by atoms with Crippen molar-refractivity contribution in [3.8, 4) is 0 Å². The summed E-state index contributed by atoms with van der Waals surface area (Å²) in [5.74, 6) is 0. The van der Waals surface area contributed by atoms with Gasteiger partial charge >= 0.3 is 0 Å². The SMILES string of the molecule is Cl.Cl.Cl.NCCCCNCCCCNC1CCCCCCCCCCCCCC1. The van der Waals surface area contributed by atoms with E-state index in [9.17, 15) is 0 Å². The topological polar surface area (TPSA) is 50.1 Å². The van der Waals surface area contributed by atoms with Gasteiger partial charge in [0.05, 0.1) is 0 Å². The molecular formula is C23H52Cl3N3. The Kier molecular flexibility index (Phi) is 34.1. The summed E-state index contributed by atoms with van der Waals surface area (Å²) in [6.07, 6.45) is 25.3. The lowest BCUT2D eigenvalue weighted by Crippen LogP contribution is -2.30. The van der Waals surface area contributed by atoms with Crippen molar-refractivity contribution < 1.29 is 0 Å². The Morgan fingerprint density at radius 3 is 1.34 bits per heavy atom. The van der Waals surface area contributed by atoms with E-state index in [4.69, 9.17) is 5.73 Å². The predicted octanol–water partition coefficient (Wildman–Crippen LogP) is 6.79. The first-order valence-corrected chi connectivity index (χ1v) is 12.1. The number of hydrogen-bond acceptors (Lipinski definition) is 3. The van der Waals surface area contributed by atoms with Crippen molar-refractivity contribution in [2.75, 3.05) is 26.2 Å². The smallest absolute Gasteiger partial charge is 0.00670 e. The fourth-order valence-corrected chi connectivity index (χ4v) is 4.10. The van der Waals surface area contributed by atoms with Gasteiger partial charge in [-0.15, -0.1) is 37.2 Å². The summed E-state index contributed by atoms with van der Waals surface area (Å²) in [6.45, 7) is 4.33. The standard InChI is InChI=1S/C23H49N3.3ClH/c24-19-13-14-20-25-21-15-16-22-26-23-17-11-9-7-5-3-1-2-4-6-8-10-12-18-23;;;/h23,25-26H,1-22,24H2;3*1H. The molecule has 1 aliphatic carbocycles. The molecule has 0 aromatic rings. The summed E-state index contributed by atoms with van der Waals surface area (Å²) in [4.78, 5) is 0. The van der Waals surface area contributed by atoms with E-state index in [1.54, 1.807) is 0 Å². The first-order valence-electron chi connectivity index (χ1n) is 12.1. The highest BCUT2D eigenvalue weighted by Crippen LogP contribution is 2.17. The zero-order valence-corrected chi connectivity index (χ0v) is 21.4. The van der Waals surface area contributed by atoms with E-state index in [0.29, 0.717) is 0 Å². The van der Waals surface area contributed by atoms with Crippen molar-refractivity contribution in [3.05, 3.63) is 0 Å². The van der Waals surface area contributed by atoms with Crippen molar-refractivity contribution in [2.45, 2.75) is 122 Å². The van der Waals surface area contributed by atoms with E-state index in [1.165, 1.54) is 116 Å². The molecule has 0 heterocycles. The number of nitrogens with two attached hydrogens (primary N) is 1. The third-order valence-corrected chi connectivity index (χ3v) is 5.88. The minimum atomic E-state index is 0. The minimum Gasteiger partial charge on any atom is -0.330 e. The molecule has 6 heteroatoms. The Bertz CT molecular complexity index is 268. The average molecular weight is 477 g/mol. The average Bonchev–Trinajstić information content (AvgIpc) is 2.66. The van der Waals surface area contributed by atoms with Gasteiger partial charge in [-0.05, 0) is 64.7 Å². The zero-order chi connectivity index (χ0) is 18.5. The molecular weight excluding hydrogens is 425 g/mol. The number of nitrogens with one attached hydrogen (secondary N) is 2. The zero-order valence-electron chi connectivity index (χ0n) is 18.9. The Morgan fingerprint density at radius 1 is 0.517 bits per heavy atom. The van der Waals surface area contributed by atoms with Crippen LogP contribution in [0.5, 0.6) is 0 Å². The van der Waals surface area contributed by atoms with E-state index >= 15 is 0 Å². The first kappa shape index (κ1) is 34.4. The van der Waals surface area contributed by atoms with Gasteiger partial charge in [-0.2, -0.15) is 0 Å². The maximum absolute atomic E-state index is 5.52. The molecule has 0 spiro atoms. The summed E-state index contributed by atoms with van der Waals surface area (Å²) in [5.41, 5.74) is 5.52. The van der Waals surface area contributed by atoms with Crippen molar-refractivity contribution in [1.82, 2.24) is 10.6 Å². The lowest BCUT2D eigenvalue weighted by atomic mass is 10.0. The Hall–Kier alpha value is 0.750. The van der Waals surface area contributed by atoms with Crippen molar-refractivity contribution in [1.29, 1.82) is 0 Å². The van der Waals surface area contributed by atoms with Crippen molar-refractivity contribution >= 4 is 37.2 Å². The van der Waals surface area contributed by atoms with Crippen molar-refractivity contribution in [3.63, 3.8) is 0 Å². The third kappa shape index (κ3) is 24.9. The van der Waals surface area contributed by atoms with E-state index in [0.717, 1.165) is 32.1 Å². The van der Waals surface area contributed by atoms with Gasteiger partial charge in [0.25, 0.3) is 0 Å². The van der Waals surface area contributed by atoms with Crippen LogP contribution in [0.3, 0.4) is 0 Å². The van der Waals surface area contributed by atoms with Gasteiger partial charge in [0.1, 0.15) is 0 Å². The molecule has 0 aromatic carbocycles. The van der Waals surface area contributed by atoms with Gasteiger partial charge in [0.2, 0.25) is 0 Å². The molecule has 0 unspecified atom stereocenters. The molecule has 0 atom stereocenters. The van der Waals surface area contributed by atoms with Crippen LogP contribution in [0.15, 0.2) is 0 Å². The normalized spacial score (nSPS) is 17.7. The number of rotatable bonds is 10. The van der Waals surface area contributed by atoms with Gasteiger partial charge in [-0.1, -0.05) is 77.0 Å². The van der Waals surface area contributed by atoms with Gasteiger partial charge in [0, 0.05) is 6.04 Å². The second kappa shape index (κ2) is 28.8. The largest absolute Gasteiger partial charge is 0.330 e. The quantitative estimate of drug-likeness (QED) is 0.304. The Balaban J connectivity index is -0.00000225. The number of hydrogen-bond donors (Lipinski definition) is 3. The maximum atomic E-state index is 5.52. The van der Waals surface area contributed by atoms with E-state index < -0.39 is 0 Å². The maximum Gasteiger partial charge on any atom is 0.00670 e. The highest BCUT2D eigenvalue weighted by Gasteiger charge is 2.08. The molecule has 1 fully saturated rings. The van der Waals surface area contributed by atoms with Crippen LogP contribution >= 0.6 is 37.2 Å². The summed E-state index contributed by atoms with van der Waals surface area (Å²) in [6, 6.07) is 0.776. The Morgan fingerprint density at radius 2 is 0.897 bits per heavy atom. The molecule has 29 heavy (non-hydrogen) atoms. The molecule has 0 bridgehead atoms. The second-order valence-electron chi connectivity index (χ2n) is 8.42. The molecule has 1 rings (SSSR count). The lowest BCUT2D eigenvalue weighted by molar-refractivity contribution is 0.408. The second-order valence-corrected chi connectivity index (χ2v) is 8.42. The molecule has 0 amide bonds. The van der Waals surface area contributed by atoms with Gasteiger partial charge < -0.3 is 16.4 Å². The minimum absolute atomic E-state index is 0. The summed E-state index contributed by atoms with van der Waals surface area (Å²) in [7, 11) is 0. The fraction of sp³-hybridized carbons (Fsp3) is 1.00. The highest BCUT2D eigenvalue weighted by molar-refractivity contribution is 5.86. The lowest BCUT2D eigenvalue weighted by Gasteiger charge is -2.19. The molecule has 0 aromatic heterocycles. The molecule has 0 saturated heterocycles. The third-order valence-electron chi connectivity index (χ3n) is 5.88. The van der Waals surface area contributed by atoms with Crippen LogP contribution in [0.1, 0.15) is 116 Å². The van der Waals surface area contributed by atoms with Crippen LogP contribution in [-0.4, -0.2) is 32.2 Å². The summed E-state index contributed by atoms with van der Waals surface area (Å²) >= 11 is 0. The van der Waals surface area contributed by atoms with Gasteiger partial charge in [0.15, 0.2) is 0 Å². The van der Waals surface area contributed by atoms with Crippen LogP contribution in [0, 0.1) is 0 Å². The molecule has 3 nitrogen and oxygen atoms in total.